The summed E-state index contributed by atoms with van der Waals surface area (Å²) >= 11 is 0. The third kappa shape index (κ3) is 2.58. The molecular weight excluding hydrogens is 267 g/mol. The van der Waals surface area contributed by atoms with Gasteiger partial charge in [0, 0.05) is 12.1 Å². The van der Waals surface area contributed by atoms with Crippen molar-refractivity contribution in [2.24, 2.45) is 5.73 Å². The summed E-state index contributed by atoms with van der Waals surface area (Å²) in [6.45, 7) is 0.598. The summed E-state index contributed by atoms with van der Waals surface area (Å²) in [4.78, 5) is 12.5. The normalized spacial score (nSPS) is 11.0. The Morgan fingerprint density at radius 1 is 1.05 bits per heavy atom. The lowest BCUT2D eigenvalue weighted by molar-refractivity contribution is 0.626. The summed E-state index contributed by atoms with van der Waals surface area (Å²) in [5.74, 6) is -0.285. The molecular formula is C17H15FN2O. The molecule has 3 nitrogen and oxygen atoms in total. The van der Waals surface area contributed by atoms with Crippen LogP contribution in [0.2, 0.25) is 0 Å². The molecule has 0 unspecified atom stereocenters. The first-order chi connectivity index (χ1) is 10.2. The Balaban J connectivity index is 2.18. The zero-order valence-electron chi connectivity index (χ0n) is 11.4. The first kappa shape index (κ1) is 13.5. The summed E-state index contributed by atoms with van der Waals surface area (Å²) in [5, 5.41) is 0.972. The van der Waals surface area contributed by atoms with Gasteiger partial charge >= 0.3 is 0 Å². The van der Waals surface area contributed by atoms with E-state index >= 15 is 0 Å². The fraction of sp³-hybridized carbons (Fsp3) is 0.118. The van der Waals surface area contributed by atoms with Crippen molar-refractivity contribution >= 4 is 10.9 Å². The number of hydrogen-bond acceptors (Lipinski definition) is 2. The molecule has 0 bridgehead atoms. The van der Waals surface area contributed by atoms with Gasteiger partial charge in [-0.05, 0) is 35.2 Å². The molecule has 3 rings (SSSR count). The summed E-state index contributed by atoms with van der Waals surface area (Å²) in [6.07, 6.45) is 0. The second-order valence-electron chi connectivity index (χ2n) is 4.95. The van der Waals surface area contributed by atoms with Gasteiger partial charge in [0.1, 0.15) is 5.82 Å². The van der Waals surface area contributed by atoms with E-state index in [0.717, 1.165) is 16.5 Å². The Morgan fingerprint density at radius 2 is 1.76 bits per heavy atom. The van der Waals surface area contributed by atoms with Crippen LogP contribution in [0.5, 0.6) is 0 Å². The maximum atomic E-state index is 13.0. The maximum absolute atomic E-state index is 13.0. The number of fused-ring (bicyclic) bond motifs is 1. The van der Waals surface area contributed by atoms with E-state index in [1.54, 1.807) is 16.7 Å². The molecule has 1 aromatic heterocycles. The SMILES string of the molecule is NCc1cc2ccccc2n(Cc2ccc(F)cc2)c1=O. The largest absolute Gasteiger partial charge is 0.326 e. The van der Waals surface area contributed by atoms with Gasteiger partial charge in [0.25, 0.3) is 5.56 Å². The summed E-state index contributed by atoms with van der Waals surface area (Å²) in [7, 11) is 0. The first-order valence-corrected chi connectivity index (χ1v) is 6.75. The number of aromatic nitrogens is 1. The Bertz CT molecular complexity index is 838. The van der Waals surface area contributed by atoms with Crippen molar-refractivity contribution < 1.29 is 4.39 Å². The van der Waals surface area contributed by atoms with E-state index in [1.807, 2.05) is 30.3 Å². The lowest BCUT2D eigenvalue weighted by Gasteiger charge is -2.12. The number of nitrogens with two attached hydrogens (primary N) is 1. The van der Waals surface area contributed by atoms with E-state index in [0.29, 0.717) is 12.1 Å². The molecule has 0 radical (unpaired) electrons. The second-order valence-corrected chi connectivity index (χ2v) is 4.95. The van der Waals surface area contributed by atoms with Crippen LogP contribution in [0, 0.1) is 5.82 Å². The van der Waals surface area contributed by atoms with Crippen molar-refractivity contribution in [1.82, 2.24) is 4.57 Å². The molecule has 0 aliphatic carbocycles. The standard InChI is InChI=1S/C17H15FN2O/c18-15-7-5-12(6-8-15)11-20-16-4-2-1-3-13(16)9-14(10-19)17(20)21/h1-9H,10-11,19H2. The van der Waals surface area contributed by atoms with Gasteiger partial charge in [-0.1, -0.05) is 30.3 Å². The minimum absolute atomic E-state index is 0.0967. The number of halogens is 1. The zero-order chi connectivity index (χ0) is 14.8. The predicted octanol–water partition coefficient (Wildman–Crippen LogP) is 2.65. The van der Waals surface area contributed by atoms with E-state index in [-0.39, 0.29) is 17.9 Å². The van der Waals surface area contributed by atoms with Crippen molar-refractivity contribution in [1.29, 1.82) is 0 Å². The summed E-state index contributed by atoms with van der Waals surface area (Å²) in [6, 6.07) is 15.7. The Kier molecular flexibility index (Phi) is 3.54. The summed E-state index contributed by atoms with van der Waals surface area (Å²) < 4.78 is 14.7. The van der Waals surface area contributed by atoms with Gasteiger partial charge in [0.05, 0.1) is 12.1 Å². The van der Waals surface area contributed by atoms with E-state index in [2.05, 4.69) is 0 Å². The molecule has 3 aromatic rings. The van der Waals surface area contributed by atoms with Gasteiger partial charge in [-0.2, -0.15) is 0 Å². The van der Waals surface area contributed by atoms with E-state index in [9.17, 15) is 9.18 Å². The second kappa shape index (κ2) is 5.50. The van der Waals surface area contributed by atoms with Crippen LogP contribution < -0.4 is 11.3 Å². The van der Waals surface area contributed by atoms with E-state index in [1.165, 1.54) is 12.1 Å². The van der Waals surface area contributed by atoms with Crippen LogP contribution in [0.3, 0.4) is 0 Å². The number of hydrogen-bond donors (Lipinski definition) is 1. The van der Waals surface area contributed by atoms with Gasteiger partial charge in [-0.15, -0.1) is 0 Å². The molecule has 0 aliphatic heterocycles. The molecule has 2 aromatic carbocycles. The smallest absolute Gasteiger partial charge is 0.255 e. The molecule has 0 saturated carbocycles. The van der Waals surface area contributed by atoms with Crippen molar-refractivity contribution in [3.05, 3.63) is 81.9 Å². The number of rotatable bonds is 3. The molecule has 4 heteroatoms. The topological polar surface area (TPSA) is 48.0 Å². The number of benzene rings is 2. The maximum Gasteiger partial charge on any atom is 0.255 e. The molecule has 0 saturated heterocycles. The van der Waals surface area contributed by atoms with Crippen molar-refractivity contribution in [3.8, 4) is 0 Å². The van der Waals surface area contributed by atoms with Gasteiger partial charge < -0.3 is 10.3 Å². The van der Waals surface area contributed by atoms with Crippen molar-refractivity contribution in [2.75, 3.05) is 0 Å². The van der Waals surface area contributed by atoms with Gasteiger partial charge in [-0.25, -0.2) is 4.39 Å². The van der Waals surface area contributed by atoms with Crippen LogP contribution in [0.25, 0.3) is 10.9 Å². The lowest BCUT2D eigenvalue weighted by atomic mass is 10.1. The monoisotopic (exact) mass is 282 g/mol. The fourth-order valence-corrected chi connectivity index (χ4v) is 2.46. The average Bonchev–Trinajstić information content (AvgIpc) is 2.51. The average molecular weight is 282 g/mol. The first-order valence-electron chi connectivity index (χ1n) is 6.75. The molecule has 0 fully saturated rings. The van der Waals surface area contributed by atoms with Crippen LogP contribution in [-0.4, -0.2) is 4.57 Å². The van der Waals surface area contributed by atoms with E-state index in [4.69, 9.17) is 5.73 Å². The van der Waals surface area contributed by atoms with Gasteiger partial charge in [0.15, 0.2) is 0 Å². The van der Waals surface area contributed by atoms with Crippen LogP contribution in [-0.2, 0) is 13.1 Å². The van der Waals surface area contributed by atoms with Crippen LogP contribution in [0.15, 0.2) is 59.4 Å². The number of para-hydroxylation sites is 1. The highest BCUT2D eigenvalue weighted by molar-refractivity contribution is 5.79. The van der Waals surface area contributed by atoms with Crippen molar-refractivity contribution in [2.45, 2.75) is 13.1 Å². The van der Waals surface area contributed by atoms with E-state index < -0.39 is 0 Å². The number of nitrogens with zero attached hydrogens (tertiary/aromatic N) is 1. The fourth-order valence-electron chi connectivity index (χ4n) is 2.46. The highest BCUT2D eigenvalue weighted by atomic mass is 19.1. The lowest BCUT2D eigenvalue weighted by Crippen LogP contribution is -2.26. The van der Waals surface area contributed by atoms with Crippen LogP contribution in [0.4, 0.5) is 4.39 Å². The Hall–Kier alpha value is -2.46. The molecule has 2 N–H and O–H groups in total. The quantitative estimate of drug-likeness (QED) is 0.803. The Labute approximate surface area is 121 Å². The highest BCUT2D eigenvalue weighted by Gasteiger charge is 2.08. The minimum Gasteiger partial charge on any atom is -0.326 e. The zero-order valence-corrected chi connectivity index (χ0v) is 11.4. The molecule has 0 aliphatic rings. The number of pyridine rings is 1. The molecule has 0 amide bonds. The van der Waals surface area contributed by atoms with Gasteiger partial charge in [-0.3, -0.25) is 4.79 Å². The summed E-state index contributed by atoms with van der Waals surface area (Å²) in [5.41, 5.74) is 7.87. The van der Waals surface area contributed by atoms with Gasteiger partial charge in [0.2, 0.25) is 0 Å². The highest BCUT2D eigenvalue weighted by Crippen LogP contribution is 2.15. The minimum atomic E-state index is -0.285. The van der Waals surface area contributed by atoms with Crippen LogP contribution >= 0.6 is 0 Å². The van der Waals surface area contributed by atoms with Crippen LogP contribution in [0.1, 0.15) is 11.1 Å². The predicted molar refractivity (Wildman–Crippen MR) is 81.6 cm³/mol. The third-order valence-corrected chi connectivity index (χ3v) is 3.55. The Morgan fingerprint density at radius 3 is 2.48 bits per heavy atom. The molecule has 106 valence electrons. The third-order valence-electron chi connectivity index (χ3n) is 3.55. The molecule has 1 heterocycles. The molecule has 21 heavy (non-hydrogen) atoms. The molecule has 0 spiro atoms. The molecule has 0 atom stereocenters. The van der Waals surface area contributed by atoms with Crippen molar-refractivity contribution in [3.63, 3.8) is 0 Å².